The maximum absolute atomic E-state index is 10.1. The summed E-state index contributed by atoms with van der Waals surface area (Å²) in [6.07, 6.45) is -2.12. The number of benzene rings is 3. The van der Waals surface area contributed by atoms with Crippen molar-refractivity contribution >= 4 is 0 Å². The van der Waals surface area contributed by atoms with Gasteiger partial charge >= 0.3 is 0 Å². The molecular weight excluding hydrogens is 444 g/mol. The molecule has 0 aromatic heterocycles. The number of aliphatic hydroxyl groups is 1. The molecule has 4 rings (SSSR count). The molecule has 35 heavy (non-hydrogen) atoms. The van der Waals surface area contributed by atoms with Gasteiger partial charge in [-0.2, -0.15) is 0 Å². The molecule has 1 saturated heterocycles. The molecule has 0 saturated carbocycles. The third kappa shape index (κ3) is 6.90. The second-order valence-electron chi connectivity index (χ2n) is 8.71. The molecule has 6 heteroatoms. The molecule has 1 N–H and O–H groups in total. The first-order valence-electron chi connectivity index (χ1n) is 12.0. The van der Waals surface area contributed by atoms with E-state index in [-0.39, 0.29) is 18.8 Å². The Labute approximate surface area is 207 Å². The molecule has 0 spiro atoms. The van der Waals surface area contributed by atoms with Gasteiger partial charge in [-0.25, -0.2) is 0 Å². The molecule has 0 amide bonds. The number of hydrogen-bond donors (Lipinski definition) is 1. The summed E-state index contributed by atoms with van der Waals surface area (Å²) < 4.78 is 30.6. The van der Waals surface area contributed by atoms with E-state index in [0.717, 1.165) is 22.4 Å². The van der Waals surface area contributed by atoms with Crippen LogP contribution >= 0.6 is 0 Å². The van der Waals surface area contributed by atoms with Gasteiger partial charge in [-0.1, -0.05) is 72.8 Å². The van der Waals surface area contributed by atoms with E-state index < -0.39 is 18.3 Å². The average Bonchev–Trinajstić information content (AvgIpc) is 2.91. The van der Waals surface area contributed by atoms with Gasteiger partial charge in [-0.3, -0.25) is 0 Å². The van der Waals surface area contributed by atoms with Crippen molar-refractivity contribution in [3.05, 3.63) is 102 Å². The van der Waals surface area contributed by atoms with E-state index in [2.05, 4.69) is 0 Å². The first-order valence-corrected chi connectivity index (χ1v) is 12.0. The van der Waals surface area contributed by atoms with Crippen LogP contribution in [-0.4, -0.2) is 49.3 Å². The Morgan fingerprint density at radius 2 is 1.14 bits per heavy atom. The Balaban J connectivity index is 1.52. The van der Waals surface area contributed by atoms with Crippen molar-refractivity contribution in [1.29, 1.82) is 0 Å². The predicted molar refractivity (Wildman–Crippen MR) is 133 cm³/mol. The highest BCUT2D eigenvalue weighted by Crippen LogP contribution is 2.30. The summed E-state index contributed by atoms with van der Waals surface area (Å²) >= 11 is 0. The first kappa shape index (κ1) is 25.4. The fourth-order valence-corrected chi connectivity index (χ4v) is 4.31. The molecule has 1 aliphatic heterocycles. The van der Waals surface area contributed by atoms with Crippen LogP contribution in [0.15, 0.2) is 84.9 Å². The molecule has 0 aliphatic carbocycles. The summed E-state index contributed by atoms with van der Waals surface area (Å²) in [6.45, 7) is 2.97. The van der Waals surface area contributed by atoms with E-state index in [0.29, 0.717) is 19.8 Å². The van der Waals surface area contributed by atoms with E-state index in [1.54, 1.807) is 7.11 Å². The smallest absolute Gasteiger partial charge is 0.118 e. The first-order chi connectivity index (χ1) is 17.2. The molecule has 0 bridgehead atoms. The van der Waals surface area contributed by atoms with E-state index in [1.165, 1.54) is 0 Å². The molecule has 1 aliphatic rings. The summed E-state index contributed by atoms with van der Waals surface area (Å²) in [4.78, 5) is 0. The Morgan fingerprint density at radius 3 is 1.66 bits per heavy atom. The minimum absolute atomic E-state index is 0.172. The van der Waals surface area contributed by atoms with E-state index in [1.807, 2.05) is 91.9 Å². The molecule has 1 fully saturated rings. The fraction of sp³-hybridized carbons (Fsp3) is 0.379. The lowest BCUT2D eigenvalue weighted by molar-refractivity contribution is -0.266. The van der Waals surface area contributed by atoms with Crippen molar-refractivity contribution in [2.75, 3.05) is 13.7 Å². The van der Waals surface area contributed by atoms with Gasteiger partial charge in [0.05, 0.1) is 39.6 Å². The van der Waals surface area contributed by atoms with Gasteiger partial charge in [0.2, 0.25) is 0 Å². The van der Waals surface area contributed by atoms with Gasteiger partial charge in [0.15, 0.2) is 0 Å². The maximum Gasteiger partial charge on any atom is 0.118 e. The highest BCUT2D eigenvalue weighted by atomic mass is 16.6. The zero-order valence-corrected chi connectivity index (χ0v) is 20.3. The summed E-state index contributed by atoms with van der Waals surface area (Å²) in [5, 5.41) is 10.1. The quantitative estimate of drug-likeness (QED) is 0.437. The average molecular weight is 479 g/mol. The van der Waals surface area contributed by atoms with Crippen LogP contribution in [0.2, 0.25) is 0 Å². The minimum Gasteiger partial charge on any atom is -0.497 e. The standard InChI is InChI=1S/C29H34O6/c1-21-27(32-18-22-9-5-3-6-10-22)29(34-19-23-11-7-4-8-12-23)28(26(17-30)35-21)33-20-24-13-15-25(31-2)16-14-24/h3-16,21,26-30H,17-20H2,1-2H3/t21-,26+,27-,28+,29+/m0/s1. The lowest BCUT2D eigenvalue weighted by Gasteiger charge is -2.45. The lowest BCUT2D eigenvalue weighted by Crippen LogP contribution is -2.60. The summed E-state index contributed by atoms with van der Waals surface area (Å²) in [7, 11) is 1.64. The maximum atomic E-state index is 10.1. The topological polar surface area (TPSA) is 66.4 Å². The van der Waals surface area contributed by atoms with Crippen LogP contribution in [0.4, 0.5) is 0 Å². The third-order valence-corrected chi connectivity index (χ3v) is 6.22. The molecule has 1 heterocycles. The van der Waals surface area contributed by atoms with Gasteiger partial charge in [0.25, 0.3) is 0 Å². The predicted octanol–water partition coefficient (Wildman–Crippen LogP) is 4.53. The minimum atomic E-state index is -0.527. The van der Waals surface area contributed by atoms with E-state index >= 15 is 0 Å². The van der Waals surface area contributed by atoms with Crippen LogP contribution in [-0.2, 0) is 38.8 Å². The zero-order valence-electron chi connectivity index (χ0n) is 20.3. The SMILES string of the molecule is COc1ccc(CO[C@H]2[C@H](OCc3ccccc3)[C@@H](OCc3ccccc3)[C@H](C)O[C@@H]2CO)cc1. The number of methoxy groups -OCH3 is 1. The zero-order chi connectivity index (χ0) is 24.5. The largest absolute Gasteiger partial charge is 0.497 e. The second-order valence-corrected chi connectivity index (χ2v) is 8.71. The number of aliphatic hydroxyl groups excluding tert-OH is 1. The number of ether oxygens (including phenoxy) is 5. The van der Waals surface area contributed by atoms with Crippen molar-refractivity contribution in [2.24, 2.45) is 0 Å². The molecule has 0 unspecified atom stereocenters. The normalized spacial score (nSPS) is 24.3. The van der Waals surface area contributed by atoms with Crippen molar-refractivity contribution in [3.8, 4) is 5.75 Å². The highest BCUT2D eigenvalue weighted by Gasteiger charge is 2.46. The third-order valence-electron chi connectivity index (χ3n) is 6.22. The fourth-order valence-electron chi connectivity index (χ4n) is 4.31. The van der Waals surface area contributed by atoms with Crippen molar-refractivity contribution in [3.63, 3.8) is 0 Å². The van der Waals surface area contributed by atoms with Crippen LogP contribution in [0, 0.1) is 0 Å². The summed E-state index contributed by atoms with van der Waals surface area (Å²) in [5.74, 6) is 0.787. The lowest BCUT2D eigenvalue weighted by atomic mass is 9.94. The van der Waals surface area contributed by atoms with E-state index in [4.69, 9.17) is 23.7 Å². The van der Waals surface area contributed by atoms with Gasteiger partial charge in [0, 0.05) is 0 Å². The molecule has 5 atom stereocenters. The van der Waals surface area contributed by atoms with Crippen LogP contribution in [0.25, 0.3) is 0 Å². The van der Waals surface area contributed by atoms with Gasteiger partial charge in [0.1, 0.15) is 30.2 Å². The van der Waals surface area contributed by atoms with Crippen LogP contribution < -0.4 is 4.74 Å². The summed E-state index contributed by atoms with van der Waals surface area (Å²) in [6, 6.07) is 27.8. The van der Waals surface area contributed by atoms with Crippen molar-refractivity contribution < 1.29 is 28.8 Å². The molecule has 3 aromatic carbocycles. The molecule has 0 radical (unpaired) electrons. The Hall–Kier alpha value is -2.74. The highest BCUT2D eigenvalue weighted by molar-refractivity contribution is 5.26. The van der Waals surface area contributed by atoms with Gasteiger partial charge in [-0.15, -0.1) is 0 Å². The number of hydrogen-bond acceptors (Lipinski definition) is 6. The van der Waals surface area contributed by atoms with E-state index in [9.17, 15) is 5.11 Å². The molecule has 186 valence electrons. The molecule has 3 aromatic rings. The van der Waals surface area contributed by atoms with Crippen molar-refractivity contribution in [2.45, 2.75) is 57.3 Å². The monoisotopic (exact) mass is 478 g/mol. The van der Waals surface area contributed by atoms with Crippen molar-refractivity contribution in [1.82, 2.24) is 0 Å². The Kier molecular flexibility index (Phi) is 9.28. The van der Waals surface area contributed by atoms with Gasteiger partial charge in [-0.05, 0) is 35.7 Å². The Bertz CT molecular complexity index is 995. The van der Waals surface area contributed by atoms with Crippen LogP contribution in [0.1, 0.15) is 23.6 Å². The van der Waals surface area contributed by atoms with Crippen LogP contribution in [0.3, 0.4) is 0 Å². The van der Waals surface area contributed by atoms with Crippen LogP contribution in [0.5, 0.6) is 5.75 Å². The Morgan fingerprint density at radius 1 is 0.657 bits per heavy atom. The molecule has 6 nitrogen and oxygen atoms in total. The second kappa shape index (κ2) is 12.8. The molecular formula is C29H34O6. The van der Waals surface area contributed by atoms with Gasteiger partial charge < -0.3 is 28.8 Å². The number of rotatable bonds is 11. The summed E-state index contributed by atoms with van der Waals surface area (Å²) in [5.41, 5.74) is 3.12.